The van der Waals surface area contributed by atoms with Crippen molar-refractivity contribution in [2.24, 2.45) is 0 Å². The summed E-state index contributed by atoms with van der Waals surface area (Å²) in [5.74, 6) is -0.342. The summed E-state index contributed by atoms with van der Waals surface area (Å²) in [6, 6.07) is 0. The van der Waals surface area contributed by atoms with Gasteiger partial charge in [-0.05, 0) is 19.3 Å². The van der Waals surface area contributed by atoms with Crippen LogP contribution in [0.5, 0.6) is 0 Å². The van der Waals surface area contributed by atoms with Crippen molar-refractivity contribution in [2.45, 2.75) is 32.9 Å². The van der Waals surface area contributed by atoms with Crippen LogP contribution in [0.25, 0.3) is 0 Å². The van der Waals surface area contributed by atoms with Crippen LogP contribution in [0.1, 0.15) is 24.6 Å². The molecule has 2 rings (SSSR count). The number of nitrogens with one attached hydrogen (secondary N) is 1. The number of fused-ring (bicyclic) bond motifs is 1. The molecule has 0 bridgehead atoms. The van der Waals surface area contributed by atoms with Crippen molar-refractivity contribution in [3.05, 3.63) is 26.4 Å². The summed E-state index contributed by atoms with van der Waals surface area (Å²) >= 11 is 5.14. The Morgan fingerprint density at radius 2 is 2.21 bits per heavy atom. The lowest BCUT2D eigenvalue weighted by molar-refractivity contribution is -0.142. The number of nitrogens with zero attached hydrogens (tertiary/aromatic N) is 1. The largest absolute Gasteiger partial charge is 0.463 e. The SMILES string of the molecule is CC(=O)OCCOCn1c2c(c(=S)[nH]c1=O)CCC2. The molecule has 7 heteroatoms. The first-order valence-corrected chi connectivity index (χ1v) is 6.56. The molecule has 1 aromatic rings. The molecular formula is C12H16N2O4S. The molecule has 1 aromatic heterocycles. The minimum absolute atomic E-state index is 0.147. The minimum atomic E-state index is -0.342. The van der Waals surface area contributed by atoms with Crippen LogP contribution in [-0.2, 0) is 33.8 Å². The fourth-order valence-corrected chi connectivity index (χ4v) is 2.48. The molecule has 1 heterocycles. The lowest BCUT2D eigenvalue weighted by Gasteiger charge is -2.12. The van der Waals surface area contributed by atoms with Gasteiger partial charge in [-0.2, -0.15) is 0 Å². The summed E-state index contributed by atoms with van der Waals surface area (Å²) in [5.41, 5.74) is 1.75. The maximum Gasteiger partial charge on any atom is 0.328 e. The van der Waals surface area contributed by atoms with Crippen LogP contribution >= 0.6 is 12.2 Å². The monoisotopic (exact) mass is 284 g/mol. The number of carbonyl (C=O) groups excluding carboxylic acids is 1. The standard InChI is InChI=1S/C12H16N2O4S/c1-8(15)18-6-5-17-7-14-10-4-2-3-9(10)11(19)13-12(14)16/h2-7H2,1H3,(H,13,16,19). The second-order valence-corrected chi connectivity index (χ2v) is 4.75. The highest BCUT2D eigenvalue weighted by Crippen LogP contribution is 2.20. The lowest BCUT2D eigenvalue weighted by atomic mass is 10.3. The molecule has 0 saturated carbocycles. The molecular weight excluding hydrogens is 268 g/mol. The number of hydrogen-bond donors (Lipinski definition) is 1. The summed E-state index contributed by atoms with van der Waals surface area (Å²) in [5, 5.41) is 0. The normalized spacial score (nSPS) is 13.3. The van der Waals surface area contributed by atoms with Crippen LogP contribution in [-0.4, -0.2) is 28.7 Å². The van der Waals surface area contributed by atoms with E-state index in [2.05, 4.69) is 4.98 Å². The van der Waals surface area contributed by atoms with Gasteiger partial charge in [0.05, 0.1) is 6.61 Å². The van der Waals surface area contributed by atoms with Crippen molar-refractivity contribution in [1.82, 2.24) is 9.55 Å². The number of carbonyl (C=O) groups is 1. The zero-order valence-corrected chi connectivity index (χ0v) is 11.5. The average Bonchev–Trinajstić information content (AvgIpc) is 2.81. The molecule has 1 aliphatic rings. The zero-order chi connectivity index (χ0) is 13.8. The molecule has 0 unspecified atom stereocenters. The molecule has 0 saturated heterocycles. The highest BCUT2D eigenvalue weighted by atomic mass is 32.1. The summed E-state index contributed by atoms with van der Waals surface area (Å²) in [6.07, 6.45) is 2.75. The summed E-state index contributed by atoms with van der Waals surface area (Å²) < 4.78 is 12.2. The number of hydrogen-bond acceptors (Lipinski definition) is 5. The Balaban J connectivity index is 2.01. The Labute approximate surface area is 115 Å². The topological polar surface area (TPSA) is 73.3 Å². The lowest BCUT2D eigenvalue weighted by Crippen LogP contribution is -2.28. The van der Waals surface area contributed by atoms with Gasteiger partial charge in [0, 0.05) is 18.2 Å². The number of ether oxygens (including phenoxy) is 2. The number of H-pyrrole nitrogens is 1. The van der Waals surface area contributed by atoms with E-state index in [0.29, 0.717) is 4.64 Å². The van der Waals surface area contributed by atoms with Gasteiger partial charge >= 0.3 is 11.7 Å². The van der Waals surface area contributed by atoms with Crippen LogP contribution in [0.4, 0.5) is 0 Å². The Bertz CT molecular complexity index is 590. The smallest absolute Gasteiger partial charge is 0.328 e. The molecule has 0 fully saturated rings. The maximum atomic E-state index is 11.8. The highest BCUT2D eigenvalue weighted by molar-refractivity contribution is 7.71. The van der Waals surface area contributed by atoms with E-state index in [1.54, 1.807) is 4.57 Å². The second-order valence-electron chi connectivity index (χ2n) is 4.34. The molecule has 1 N–H and O–H groups in total. The van der Waals surface area contributed by atoms with Gasteiger partial charge in [0.1, 0.15) is 18.0 Å². The Hall–Kier alpha value is -1.47. The van der Waals surface area contributed by atoms with Gasteiger partial charge in [-0.1, -0.05) is 12.2 Å². The molecule has 1 aliphatic carbocycles. The van der Waals surface area contributed by atoms with E-state index < -0.39 is 0 Å². The second kappa shape index (κ2) is 6.12. The van der Waals surface area contributed by atoms with Crippen LogP contribution in [0.2, 0.25) is 0 Å². The van der Waals surface area contributed by atoms with E-state index in [-0.39, 0.29) is 31.6 Å². The fraction of sp³-hybridized carbons (Fsp3) is 0.583. The van der Waals surface area contributed by atoms with Gasteiger partial charge < -0.3 is 9.47 Å². The van der Waals surface area contributed by atoms with Gasteiger partial charge in [-0.3, -0.25) is 14.3 Å². The van der Waals surface area contributed by atoms with Crippen LogP contribution in [0, 0.1) is 4.64 Å². The van der Waals surface area contributed by atoms with E-state index >= 15 is 0 Å². The van der Waals surface area contributed by atoms with Gasteiger partial charge in [0.2, 0.25) is 0 Å². The minimum Gasteiger partial charge on any atom is -0.463 e. The van der Waals surface area contributed by atoms with Gasteiger partial charge in [0.25, 0.3) is 0 Å². The van der Waals surface area contributed by atoms with Crippen molar-refractivity contribution >= 4 is 18.2 Å². The van der Waals surface area contributed by atoms with Gasteiger partial charge in [0.15, 0.2) is 0 Å². The number of aromatic amines is 1. The molecule has 19 heavy (non-hydrogen) atoms. The number of esters is 1. The zero-order valence-electron chi connectivity index (χ0n) is 10.7. The Kier molecular flexibility index (Phi) is 4.49. The molecule has 0 amide bonds. The van der Waals surface area contributed by atoms with Crippen LogP contribution < -0.4 is 5.69 Å². The van der Waals surface area contributed by atoms with E-state index in [1.807, 2.05) is 0 Å². The summed E-state index contributed by atoms with van der Waals surface area (Å²) in [4.78, 5) is 25.1. The summed E-state index contributed by atoms with van der Waals surface area (Å²) in [7, 11) is 0. The van der Waals surface area contributed by atoms with E-state index in [1.165, 1.54) is 6.92 Å². The molecule has 6 nitrogen and oxygen atoms in total. The van der Waals surface area contributed by atoms with Crippen molar-refractivity contribution in [2.75, 3.05) is 13.2 Å². The molecule has 0 spiro atoms. The molecule has 0 aromatic carbocycles. The van der Waals surface area contributed by atoms with E-state index in [0.717, 1.165) is 30.5 Å². The number of rotatable bonds is 5. The third-order valence-corrected chi connectivity index (χ3v) is 3.36. The third kappa shape index (κ3) is 3.30. The summed E-state index contributed by atoms with van der Waals surface area (Å²) in [6.45, 7) is 1.94. The maximum absolute atomic E-state index is 11.8. The van der Waals surface area contributed by atoms with Crippen molar-refractivity contribution in [3.8, 4) is 0 Å². The fourth-order valence-electron chi connectivity index (χ4n) is 2.17. The van der Waals surface area contributed by atoms with Crippen LogP contribution in [0.15, 0.2) is 4.79 Å². The van der Waals surface area contributed by atoms with Crippen molar-refractivity contribution in [3.63, 3.8) is 0 Å². The molecule has 0 radical (unpaired) electrons. The van der Waals surface area contributed by atoms with Gasteiger partial charge in [-0.25, -0.2) is 4.79 Å². The first-order valence-electron chi connectivity index (χ1n) is 6.15. The first-order chi connectivity index (χ1) is 9.09. The quantitative estimate of drug-likeness (QED) is 0.495. The molecule has 0 atom stereocenters. The average molecular weight is 284 g/mol. The van der Waals surface area contributed by atoms with E-state index in [4.69, 9.17) is 21.7 Å². The predicted octanol–water partition coefficient (Wildman–Crippen LogP) is 0.932. The molecule has 104 valence electrons. The van der Waals surface area contributed by atoms with Gasteiger partial charge in [-0.15, -0.1) is 0 Å². The van der Waals surface area contributed by atoms with Crippen molar-refractivity contribution < 1.29 is 14.3 Å². The van der Waals surface area contributed by atoms with Crippen molar-refractivity contribution in [1.29, 1.82) is 0 Å². The first kappa shape index (κ1) is 14.0. The van der Waals surface area contributed by atoms with E-state index in [9.17, 15) is 9.59 Å². The predicted molar refractivity (Wildman–Crippen MR) is 70.5 cm³/mol. The Morgan fingerprint density at radius 3 is 2.95 bits per heavy atom. The van der Waals surface area contributed by atoms with Crippen LogP contribution in [0.3, 0.4) is 0 Å². The molecule has 0 aliphatic heterocycles. The Morgan fingerprint density at radius 1 is 1.42 bits per heavy atom. The number of aromatic nitrogens is 2. The highest BCUT2D eigenvalue weighted by Gasteiger charge is 2.17. The third-order valence-electron chi connectivity index (χ3n) is 3.01.